The van der Waals surface area contributed by atoms with Crippen molar-refractivity contribution in [2.24, 2.45) is 5.92 Å². The van der Waals surface area contributed by atoms with Crippen molar-refractivity contribution in [1.82, 2.24) is 0 Å². The van der Waals surface area contributed by atoms with E-state index >= 15 is 0 Å². The molecule has 0 unspecified atom stereocenters. The normalized spacial score (nSPS) is 9.93. The van der Waals surface area contributed by atoms with E-state index in [0.29, 0.717) is 21.2 Å². The molecule has 0 saturated heterocycles. The second-order valence-electron chi connectivity index (χ2n) is 6.94. The van der Waals surface area contributed by atoms with Crippen LogP contribution in [0.5, 0.6) is 0 Å². The predicted molar refractivity (Wildman–Crippen MR) is 126 cm³/mol. The Hall–Kier alpha value is -1.60. The molecule has 0 aliphatic heterocycles. The lowest BCUT2D eigenvalue weighted by Crippen LogP contribution is -2.12. The van der Waals surface area contributed by atoms with Crippen molar-refractivity contribution in [2.45, 2.75) is 58.5 Å². The van der Waals surface area contributed by atoms with Gasteiger partial charge in [0.15, 0.2) is 0 Å². The fraction of sp³-hybridized carbons (Fsp3) is 0.435. The summed E-state index contributed by atoms with van der Waals surface area (Å²) in [6.45, 7) is 8.28. The van der Waals surface area contributed by atoms with Crippen molar-refractivity contribution in [3.8, 4) is 0 Å². The fourth-order valence-electron chi connectivity index (χ4n) is 2.24. The van der Waals surface area contributed by atoms with Crippen LogP contribution in [0.2, 0.25) is 5.02 Å². The Morgan fingerprint density at radius 1 is 1.17 bits per heavy atom. The summed E-state index contributed by atoms with van der Waals surface area (Å²) in [5.41, 5.74) is 0.902. The summed E-state index contributed by atoms with van der Waals surface area (Å²) in [7, 11) is 0. The quantitative estimate of drug-likeness (QED) is 0.382. The zero-order chi connectivity index (χ0) is 23.1. The number of anilines is 1. The minimum Gasteiger partial charge on any atom is -0.397 e. The van der Waals surface area contributed by atoms with E-state index < -0.39 is 12.4 Å². The van der Waals surface area contributed by atoms with Crippen LogP contribution in [-0.2, 0) is 6.61 Å². The molecule has 7 heteroatoms. The van der Waals surface area contributed by atoms with Gasteiger partial charge >= 0.3 is 0 Å². The maximum Gasteiger partial charge on any atom is 0.255 e. The Labute approximate surface area is 189 Å². The van der Waals surface area contributed by atoms with E-state index in [1.165, 1.54) is 43.5 Å². The summed E-state index contributed by atoms with van der Waals surface area (Å²) < 4.78 is 13.2. The molecule has 3 N–H and O–H groups in total. The number of unbranched alkanes of at least 4 members (excludes halogenated alkanes) is 1. The van der Waals surface area contributed by atoms with Crippen molar-refractivity contribution in [3.63, 3.8) is 0 Å². The van der Waals surface area contributed by atoms with E-state index in [0.717, 1.165) is 5.92 Å². The van der Waals surface area contributed by atoms with Gasteiger partial charge < -0.3 is 15.5 Å². The fourth-order valence-corrected chi connectivity index (χ4v) is 2.57. The molecule has 2 aromatic carbocycles. The molecule has 2 aromatic rings. The van der Waals surface area contributed by atoms with Crippen LogP contribution >= 0.6 is 24.2 Å². The maximum atomic E-state index is 13.2. The van der Waals surface area contributed by atoms with Gasteiger partial charge in [0.25, 0.3) is 5.91 Å². The minimum absolute atomic E-state index is 0.119. The second kappa shape index (κ2) is 16.1. The number of hydrogen-bond acceptors (Lipinski definition) is 4. The van der Waals surface area contributed by atoms with Crippen molar-refractivity contribution in [2.75, 3.05) is 11.9 Å². The molecule has 0 aromatic heterocycles. The summed E-state index contributed by atoms with van der Waals surface area (Å²) >= 11 is 9.96. The first kappa shape index (κ1) is 28.4. The molecular formula is C23H33ClFNO3S. The number of amides is 1. The molecule has 0 saturated carbocycles. The van der Waals surface area contributed by atoms with Crippen LogP contribution in [0.15, 0.2) is 41.3 Å². The van der Waals surface area contributed by atoms with Crippen LogP contribution < -0.4 is 5.32 Å². The van der Waals surface area contributed by atoms with Gasteiger partial charge in [-0.2, -0.15) is 0 Å². The molecule has 0 heterocycles. The van der Waals surface area contributed by atoms with Gasteiger partial charge in [-0.25, -0.2) is 4.39 Å². The largest absolute Gasteiger partial charge is 0.397 e. The molecule has 30 heavy (non-hydrogen) atoms. The Balaban J connectivity index is 0.000000706. The molecule has 4 nitrogen and oxygen atoms in total. The smallest absolute Gasteiger partial charge is 0.255 e. The lowest BCUT2D eigenvalue weighted by molar-refractivity contribution is 0.102. The lowest BCUT2D eigenvalue weighted by atomic mass is 10.1. The summed E-state index contributed by atoms with van der Waals surface area (Å²) in [6, 6.07) is 8.66. The van der Waals surface area contributed by atoms with Gasteiger partial charge in [-0.1, -0.05) is 51.6 Å². The second-order valence-corrected chi connectivity index (χ2v) is 7.83. The first-order valence-electron chi connectivity index (χ1n) is 9.99. The molecule has 0 aliphatic carbocycles. The minimum atomic E-state index is -0.519. The van der Waals surface area contributed by atoms with Crippen molar-refractivity contribution >= 4 is 35.8 Å². The van der Waals surface area contributed by atoms with Gasteiger partial charge in [0.1, 0.15) is 5.82 Å². The van der Waals surface area contributed by atoms with Gasteiger partial charge in [0, 0.05) is 28.3 Å². The number of rotatable bonds is 6. The standard InChI is InChI=1S/C14H11ClFNO2S.C7H16.C2H6O/c15-11-3-1-8(6-13(11)20)14(19)17-10-2-4-12(16)9(5-10)7-18;1-4-5-6-7(2)3;1-2-3/h1-6,18,20H,7H2,(H,17,19);7H,4-6H2,1-3H3;3H,2H2,1H3. The highest BCUT2D eigenvalue weighted by Crippen LogP contribution is 2.22. The molecule has 0 spiro atoms. The van der Waals surface area contributed by atoms with Gasteiger partial charge in [-0.3, -0.25) is 4.79 Å². The summed E-state index contributed by atoms with van der Waals surface area (Å²) in [6.07, 6.45) is 4.15. The van der Waals surface area contributed by atoms with Crippen LogP contribution in [0.4, 0.5) is 10.1 Å². The van der Waals surface area contributed by atoms with E-state index in [1.54, 1.807) is 19.1 Å². The SMILES string of the molecule is CCCCC(C)C.CCO.O=C(Nc1ccc(F)c(CO)c1)c1ccc(Cl)c(S)c1. The van der Waals surface area contributed by atoms with Crippen LogP contribution in [0, 0.1) is 11.7 Å². The van der Waals surface area contributed by atoms with Gasteiger partial charge in [0.2, 0.25) is 0 Å². The number of halogens is 2. The monoisotopic (exact) mass is 457 g/mol. The number of aliphatic hydroxyl groups excluding tert-OH is 2. The average molecular weight is 458 g/mol. The van der Waals surface area contributed by atoms with Crippen molar-refractivity contribution < 1.29 is 19.4 Å². The summed E-state index contributed by atoms with van der Waals surface area (Å²) in [5, 5.41) is 19.6. The highest BCUT2D eigenvalue weighted by atomic mass is 35.5. The molecule has 0 atom stereocenters. The number of thiol groups is 1. The first-order valence-corrected chi connectivity index (χ1v) is 10.8. The number of aliphatic hydroxyl groups is 2. The van der Waals surface area contributed by atoms with Crippen LogP contribution in [0.3, 0.4) is 0 Å². The maximum absolute atomic E-state index is 13.2. The predicted octanol–water partition coefficient (Wildman–Crippen LogP) is 6.34. The molecule has 2 rings (SSSR count). The van der Waals surface area contributed by atoms with Crippen LogP contribution in [0.25, 0.3) is 0 Å². The molecule has 0 radical (unpaired) electrons. The highest BCUT2D eigenvalue weighted by molar-refractivity contribution is 7.80. The van der Waals surface area contributed by atoms with E-state index in [4.69, 9.17) is 21.8 Å². The highest BCUT2D eigenvalue weighted by Gasteiger charge is 2.09. The first-order chi connectivity index (χ1) is 14.2. The van der Waals surface area contributed by atoms with Crippen molar-refractivity contribution in [1.29, 1.82) is 0 Å². The van der Waals surface area contributed by atoms with Gasteiger partial charge in [-0.05, 0) is 49.2 Å². The molecule has 1 amide bonds. The Morgan fingerprint density at radius 2 is 1.80 bits per heavy atom. The zero-order valence-corrected chi connectivity index (χ0v) is 19.7. The van der Waals surface area contributed by atoms with E-state index in [1.807, 2.05) is 0 Å². The van der Waals surface area contributed by atoms with Crippen molar-refractivity contribution in [3.05, 3.63) is 58.4 Å². The molecule has 0 fully saturated rings. The van der Waals surface area contributed by atoms with Crippen LogP contribution in [0.1, 0.15) is 62.9 Å². The summed E-state index contributed by atoms with van der Waals surface area (Å²) in [4.78, 5) is 12.5. The van der Waals surface area contributed by atoms with E-state index in [9.17, 15) is 9.18 Å². The number of hydrogen-bond donors (Lipinski definition) is 4. The van der Waals surface area contributed by atoms with E-state index in [-0.39, 0.29) is 18.1 Å². The van der Waals surface area contributed by atoms with Crippen LogP contribution in [-0.4, -0.2) is 22.7 Å². The Bertz CT molecular complexity index is 772. The number of carbonyl (C=O) groups is 1. The molecular weight excluding hydrogens is 425 g/mol. The average Bonchev–Trinajstić information content (AvgIpc) is 2.70. The van der Waals surface area contributed by atoms with Gasteiger partial charge in [0.05, 0.1) is 11.6 Å². The summed E-state index contributed by atoms with van der Waals surface area (Å²) in [5.74, 6) is 0.0158. The Morgan fingerprint density at radius 3 is 2.27 bits per heavy atom. The zero-order valence-electron chi connectivity index (χ0n) is 18.1. The van der Waals surface area contributed by atoms with E-state index in [2.05, 4.69) is 38.7 Å². The molecule has 0 aliphatic rings. The molecule has 0 bridgehead atoms. The lowest BCUT2D eigenvalue weighted by Gasteiger charge is -2.08. The topological polar surface area (TPSA) is 69.6 Å². The molecule has 168 valence electrons. The number of nitrogens with one attached hydrogen (secondary N) is 1. The number of carbonyl (C=O) groups excluding carboxylic acids is 1. The number of benzene rings is 2. The third kappa shape index (κ3) is 11.6. The Kier molecular flexibility index (Phi) is 15.3. The third-order valence-corrected chi connectivity index (χ3v) is 4.65. The third-order valence-electron chi connectivity index (χ3n) is 3.82. The van der Waals surface area contributed by atoms with Gasteiger partial charge in [-0.15, -0.1) is 12.6 Å².